The number of aliphatic hydroxyl groups excluding tert-OH is 1. The molecule has 186 valence electrons. The van der Waals surface area contributed by atoms with Gasteiger partial charge in [-0.15, -0.1) is 0 Å². The van der Waals surface area contributed by atoms with Crippen molar-refractivity contribution in [2.24, 2.45) is 11.5 Å². The number of aliphatic hydroxyl groups is 1. The zero-order valence-electron chi connectivity index (χ0n) is 18.5. The standard InChI is InChI=1S/C18H30N12O4/c1-22-16-27-13-10(15(32)28-16)12(21)26-18(34)30(13)5-3-23-2-4-29-7-6-8(19)24-14(31)9(7)11(20)25-17(29)33/h6,11-12,16,18,22-23,26-27,34H,2-5,20-21H2,1H3,(H,25,33)(H,28,32)(H3,19,24,31). The highest BCUT2D eigenvalue weighted by Crippen LogP contribution is 2.26. The maximum absolute atomic E-state index is 12.5. The Morgan fingerprint density at radius 3 is 2.56 bits per heavy atom. The summed E-state index contributed by atoms with van der Waals surface area (Å²) in [6.07, 6.45) is -3.39. The predicted molar refractivity (Wildman–Crippen MR) is 122 cm³/mol. The van der Waals surface area contributed by atoms with Crippen molar-refractivity contribution in [3.63, 3.8) is 0 Å². The molecule has 0 fully saturated rings. The Kier molecular flexibility index (Phi) is 6.60. The number of nitrogens with zero attached hydrogens (tertiary/aromatic N) is 2. The van der Waals surface area contributed by atoms with E-state index in [0.29, 0.717) is 31.1 Å². The summed E-state index contributed by atoms with van der Waals surface area (Å²) in [5.41, 5.74) is 18.0. The van der Waals surface area contributed by atoms with Gasteiger partial charge in [-0.05, 0) is 7.05 Å². The average Bonchev–Trinajstić information content (AvgIpc) is 2.75. The second-order valence-corrected chi connectivity index (χ2v) is 7.99. The number of anilines is 2. The van der Waals surface area contributed by atoms with Crippen LogP contribution in [0.2, 0.25) is 0 Å². The number of nitrogens with one attached hydrogen (secondary N) is 7. The number of nitrogen functional groups attached to an aromatic ring is 1. The Balaban J connectivity index is 1.39. The first kappa shape index (κ1) is 23.7. The van der Waals surface area contributed by atoms with Crippen LogP contribution in [-0.2, 0) is 4.79 Å². The molecule has 4 heterocycles. The summed E-state index contributed by atoms with van der Waals surface area (Å²) < 4.78 is 0. The van der Waals surface area contributed by atoms with Crippen LogP contribution >= 0.6 is 0 Å². The second-order valence-electron chi connectivity index (χ2n) is 7.99. The van der Waals surface area contributed by atoms with Crippen LogP contribution in [0.5, 0.6) is 0 Å². The zero-order chi connectivity index (χ0) is 24.6. The summed E-state index contributed by atoms with van der Waals surface area (Å²) in [6.45, 7) is 1.32. The average molecular weight is 479 g/mol. The van der Waals surface area contributed by atoms with Gasteiger partial charge in [-0.2, -0.15) is 0 Å². The Bertz CT molecular complexity index is 1060. The lowest BCUT2D eigenvalue weighted by Crippen LogP contribution is -2.69. The van der Waals surface area contributed by atoms with Crippen LogP contribution in [0.4, 0.5) is 16.3 Å². The third-order valence-corrected chi connectivity index (χ3v) is 5.81. The Morgan fingerprint density at radius 2 is 1.82 bits per heavy atom. The quantitative estimate of drug-likeness (QED) is 0.165. The highest BCUT2D eigenvalue weighted by molar-refractivity contribution is 5.96. The van der Waals surface area contributed by atoms with Crippen LogP contribution < -0.4 is 59.6 Å². The summed E-state index contributed by atoms with van der Waals surface area (Å²) in [4.78, 5) is 42.6. The van der Waals surface area contributed by atoms with Gasteiger partial charge in [-0.25, -0.2) is 4.79 Å². The van der Waals surface area contributed by atoms with Crippen LogP contribution in [0, 0.1) is 0 Å². The molecule has 1 aromatic rings. The van der Waals surface area contributed by atoms with Crippen LogP contribution in [-0.4, -0.2) is 79.0 Å². The molecular formula is C18H30N12O4. The summed E-state index contributed by atoms with van der Waals surface area (Å²) in [7, 11) is 1.68. The minimum Gasteiger partial charge on any atom is -0.385 e. The highest BCUT2D eigenvalue weighted by Gasteiger charge is 2.39. The highest BCUT2D eigenvalue weighted by atomic mass is 16.3. The number of fused-ring (bicyclic) bond motifs is 1. The molecular weight excluding hydrogens is 448 g/mol. The number of rotatable bonds is 7. The molecule has 0 bridgehead atoms. The first-order valence-corrected chi connectivity index (χ1v) is 10.7. The van der Waals surface area contributed by atoms with Crippen molar-refractivity contribution in [3.8, 4) is 0 Å². The largest absolute Gasteiger partial charge is 0.385 e. The molecule has 0 radical (unpaired) electrons. The zero-order valence-corrected chi connectivity index (χ0v) is 18.5. The van der Waals surface area contributed by atoms with E-state index in [1.54, 1.807) is 11.9 Å². The number of amides is 3. The van der Waals surface area contributed by atoms with Gasteiger partial charge in [0.2, 0.25) is 0 Å². The van der Waals surface area contributed by atoms with Crippen molar-refractivity contribution in [1.29, 1.82) is 0 Å². The van der Waals surface area contributed by atoms with Crippen LogP contribution in [0.25, 0.3) is 0 Å². The van der Waals surface area contributed by atoms with Gasteiger partial charge in [0.05, 0.1) is 23.0 Å². The first-order valence-electron chi connectivity index (χ1n) is 10.7. The molecule has 0 aliphatic carbocycles. The lowest BCUT2D eigenvalue weighted by Gasteiger charge is -2.44. The van der Waals surface area contributed by atoms with E-state index in [-0.39, 0.29) is 29.4 Å². The summed E-state index contributed by atoms with van der Waals surface area (Å²) in [5, 5.41) is 27.7. The molecule has 3 amide bonds. The van der Waals surface area contributed by atoms with Crippen molar-refractivity contribution in [2.45, 2.75) is 25.0 Å². The summed E-state index contributed by atoms with van der Waals surface area (Å²) >= 11 is 0. The van der Waals surface area contributed by atoms with E-state index in [4.69, 9.17) is 17.2 Å². The van der Waals surface area contributed by atoms with E-state index in [1.807, 2.05) is 0 Å². The maximum Gasteiger partial charge on any atom is 0.323 e. The van der Waals surface area contributed by atoms with E-state index in [2.05, 4.69) is 36.9 Å². The number of aromatic nitrogens is 1. The number of carbonyl (C=O) groups excluding carboxylic acids is 2. The molecule has 0 saturated heterocycles. The second kappa shape index (κ2) is 9.45. The number of hydrogen-bond acceptors (Lipinski definition) is 12. The van der Waals surface area contributed by atoms with Gasteiger partial charge in [0.15, 0.2) is 12.6 Å². The van der Waals surface area contributed by atoms with E-state index in [9.17, 15) is 19.5 Å². The summed E-state index contributed by atoms with van der Waals surface area (Å²) in [6, 6.07) is 1.06. The number of hydrogen-bond donors (Lipinski definition) is 11. The van der Waals surface area contributed by atoms with Gasteiger partial charge in [-0.3, -0.25) is 25.1 Å². The molecule has 16 heteroatoms. The molecule has 16 nitrogen and oxygen atoms in total. The molecule has 14 N–H and O–H groups in total. The van der Waals surface area contributed by atoms with Gasteiger partial charge < -0.3 is 53.5 Å². The number of aromatic amines is 1. The molecule has 4 unspecified atom stereocenters. The molecule has 0 aromatic carbocycles. The maximum atomic E-state index is 12.5. The van der Waals surface area contributed by atoms with Crippen molar-refractivity contribution in [1.82, 2.24) is 41.8 Å². The monoisotopic (exact) mass is 478 g/mol. The number of urea groups is 1. The normalized spacial score (nSPS) is 26.5. The predicted octanol–water partition coefficient (Wildman–Crippen LogP) is -5.07. The molecule has 3 aliphatic heterocycles. The molecule has 4 atom stereocenters. The number of carbonyl (C=O) groups is 2. The smallest absolute Gasteiger partial charge is 0.323 e. The SMILES string of the molecule is CNC1NC(=O)C2=C(N1)N(CCNCCN1C(=O)NC(N)c3c1cc(N)[nH]c3=O)C(O)NC2N. The third-order valence-electron chi connectivity index (χ3n) is 5.81. The molecule has 0 spiro atoms. The minimum absolute atomic E-state index is 0.126. The van der Waals surface area contributed by atoms with E-state index < -0.39 is 36.6 Å². The van der Waals surface area contributed by atoms with Crippen molar-refractivity contribution >= 4 is 23.4 Å². The van der Waals surface area contributed by atoms with Crippen molar-refractivity contribution in [3.05, 3.63) is 33.4 Å². The minimum atomic E-state index is -1.11. The van der Waals surface area contributed by atoms with E-state index in [0.717, 1.165) is 0 Å². The summed E-state index contributed by atoms with van der Waals surface area (Å²) in [5.74, 6) is 0.207. The van der Waals surface area contributed by atoms with Gasteiger partial charge in [0.1, 0.15) is 17.8 Å². The number of pyridine rings is 1. The fraction of sp³-hybridized carbons (Fsp3) is 0.500. The molecule has 4 rings (SSSR count). The molecule has 3 aliphatic rings. The molecule has 34 heavy (non-hydrogen) atoms. The Hall–Kier alpha value is -3.41. The fourth-order valence-corrected chi connectivity index (χ4v) is 4.16. The number of nitrogens with two attached hydrogens (primary N) is 3. The first-order chi connectivity index (χ1) is 16.2. The van der Waals surface area contributed by atoms with Gasteiger partial charge in [-0.1, -0.05) is 0 Å². The third kappa shape index (κ3) is 4.37. The van der Waals surface area contributed by atoms with Crippen molar-refractivity contribution in [2.75, 3.05) is 43.9 Å². The topological polar surface area (TPSA) is 244 Å². The van der Waals surface area contributed by atoms with E-state index >= 15 is 0 Å². The Labute approximate surface area is 194 Å². The van der Waals surface area contributed by atoms with Crippen LogP contribution in [0.1, 0.15) is 11.7 Å². The van der Waals surface area contributed by atoms with Crippen molar-refractivity contribution < 1.29 is 14.7 Å². The lowest BCUT2D eigenvalue weighted by atomic mass is 10.1. The van der Waals surface area contributed by atoms with Crippen LogP contribution in [0.3, 0.4) is 0 Å². The van der Waals surface area contributed by atoms with Gasteiger partial charge >= 0.3 is 6.03 Å². The molecule has 1 aromatic heterocycles. The van der Waals surface area contributed by atoms with Crippen LogP contribution in [0.15, 0.2) is 22.3 Å². The van der Waals surface area contributed by atoms with Gasteiger partial charge in [0.25, 0.3) is 11.5 Å². The lowest BCUT2D eigenvalue weighted by molar-refractivity contribution is -0.121. The van der Waals surface area contributed by atoms with Gasteiger partial charge in [0, 0.05) is 32.2 Å². The molecule has 0 saturated carbocycles. The van der Waals surface area contributed by atoms with E-state index in [1.165, 1.54) is 11.0 Å². The Morgan fingerprint density at radius 1 is 1.09 bits per heavy atom. The number of H-pyrrole nitrogens is 1. The fourth-order valence-electron chi connectivity index (χ4n) is 4.16.